The molecule has 23 heavy (non-hydrogen) atoms. The number of methoxy groups -OCH3 is 1. The first-order valence-corrected chi connectivity index (χ1v) is 7.67. The monoisotopic (exact) mass is 381 g/mol. The lowest BCUT2D eigenvalue weighted by Gasteiger charge is -2.12. The van der Waals surface area contributed by atoms with Gasteiger partial charge in [0.05, 0.1) is 17.6 Å². The van der Waals surface area contributed by atoms with E-state index in [-0.39, 0.29) is 12.3 Å². The molecule has 2 rings (SSSR count). The molecule has 0 radical (unpaired) electrons. The van der Waals surface area contributed by atoms with Crippen molar-refractivity contribution in [1.82, 2.24) is 0 Å². The second kappa shape index (κ2) is 8.50. The Labute approximate surface area is 142 Å². The lowest BCUT2D eigenvalue weighted by molar-refractivity contribution is -0.385. The molecule has 0 atom stereocenters. The van der Waals surface area contributed by atoms with Gasteiger partial charge in [0.15, 0.2) is 11.5 Å². The zero-order valence-electron chi connectivity index (χ0n) is 12.5. The van der Waals surface area contributed by atoms with Gasteiger partial charge >= 0.3 is 0 Å². The van der Waals surface area contributed by atoms with Gasteiger partial charge in [-0.3, -0.25) is 10.1 Å². The molecule has 6 nitrogen and oxygen atoms in total. The number of hydrogen-bond acceptors (Lipinski definition) is 5. The van der Waals surface area contributed by atoms with Crippen molar-refractivity contribution in [3.8, 4) is 11.5 Å². The summed E-state index contributed by atoms with van der Waals surface area (Å²) in [6.45, 7) is 1.01. The van der Waals surface area contributed by atoms with Crippen LogP contribution in [0.2, 0.25) is 0 Å². The molecule has 0 heterocycles. The molecule has 0 aliphatic rings. The van der Waals surface area contributed by atoms with Gasteiger partial charge in [0.2, 0.25) is 0 Å². The number of non-ortho nitro benzene ring substituents is 1. The van der Waals surface area contributed by atoms with E-state index in [0.717, 1.165) is 10.0 Å². The number of nitro benzene ring substituents is 1. The van der Waals surface area contributed by atoms with Crippen LogP contribution < -0.4 is 9.47 Å². The topological polar surface area (TPSA) is 70.8 Å². The summed E-state index contributed by atoms with van der Waals surface area (Å²) in [6.07, 6.45) is 0. The molecule has 0 amide bonds. The van der Waals surface area contributed by atoms with Gasteiger partial charge in [0.25, 0.3) is 5.69 Å². The fourth-order valence-electron chi connectivity index (χ4n) is 1.82. The van der Waals surface area contributed by atoms with Crippen molar-refractivity contribution in [1.29, 1.82) is 0 Å². The average Bonchev–Trinajstić information content (AvgIpc) is 2.55. The SMILES string of the molecule is COCCOc1cc([N+](=O)[O-])ccc1OCc1ccc(Br)cc1. The highest BCUT2D eigenvalue weighted by atomic mass is 79.9. The molecule has 0 spiro atoms. The van der Waals surface area contributed by atoms with Crippen molar-refractivity contribution >= 4 is 21.6 Å². The number of hydrogen-bond donors (Lipinski definition) is 0. The van der Waals surface area contributed by atoms with Gasteiger partial charge in [-0.15, -0.1) is 0 Å². The second-order valence-electron chi connectivity index (χ2n) is 4.64. The van der Waals surface area contributed by atoms with Crippen molar-refractivity contribution in [3.05, 3.63) is 62.6 Å². The van der Waals surface area contributed by atoms with Gasteiger partial charge in [-0.2, -0.15) is 0 Å². The largest absolute Gasteiger partial charge is 0.487 e. The van der Waals surface area contributed by atoms with Crippen LogP contribution in [0.1, 0.15) is 5.56 Å². The maximum absolute atomic E-state index is 10.9. The van der Waals surface area contributed by atoms with E-state index in [0.29, 0.717) is 24.7 Å². The normalized spacial score (nSPS) is 10.3. The number of benzene rings is 2. The minimum Gasteiger partial charge on any atom is -0.487 e. The molecule has 122 valence electrons. The maximum Gasteiger partial charge on any atom is 0.273 e. The van der Waals surface area contributed by atoms with Crippen molar-refractivity contribution < 1.29 is 19.1 Å². The number of rotatable bonds is 8. The van der Waals surface area contributed by atoms with Gasteiger partial charge in [-0.25, -0.2) is 0 Å². The summed E-state index contributed by atoms with van der Waals surface area (Å²) in [5.74, 6) is 0.781. The molecule has 0 aromatic heterocycles. The molecule has 0 N–H and O–H groups in total. The molecule has 7 heteroatoms. The lowest BCUT2D eigenvalue weighted by Crippen LogP contribution is -2.06. The highest BCUT2D eigenvalue weighted by Crippen LogP contribution is 2.32. The van der Waals surface area contributed by atoms with Crippen LogP contribution in [0.25, 0.3) is 0 Å². The summed E-state index contributed by atoms with van der Waals surface area (Å²) >= 11 is 3.37. The van der Waals surface area contributed by atoms with Crippen LogP contribution in [0.5, 0.6) is 11.5 Å². The lowest BCUT2D eigenvalue weighted by atomic mass is 10.2. The predicted molar refractivity (Wildman–Crippen MR) is 88.9 cm³/mol. The van der Waals surface area contributed by atoms with E-state index in [1.54, 1.807) is 13.2 Å². The van der Waals surface area contributed by atoms with E-state index in [1.165, 1.54) is 12.1 Å². The molecular formula is C16H16BrNO5. The van der Waals surface area contributed by atoms with E-state index >= 15 is 0 Å². The van der Waals surface area contributed by atoms with Crippen molar-refractivity contribution in [2.45, 2.75) is 6.61 Å². The van der Waals surface area contributed by atoms with E-state index in [1.807, 2.05) is 24.3 Å². The summed E-state index contributed by atoms with van der Waals surface area (Å²) in [5.41, 5.74) is 0.933. The summed E-state index contributed by atoms with van der Waals surface area (Å²) in [5, 5.41) is 10.9. The number of ether oxygens (including phenoxy) is 3. The third-order valence-corrected chi connectivity index (χ3v) is 3.52. The van der Waals surface area contributed by atoms with Crippen LogP contribution in [-0.2, 0) is 11.3 Å². The Bertz CT molecular complexity index is 660. The molecule has 0 saturated heterocycles. The molecule has 0 aliphatic carbocycles. The number of nitro groups is 1. The van der Waals surface area contributed by atoms with Gasteiger partial charge in [0, 0.05) is 17.6 Å². The van der Waals surface area contributed by atoms with Crippen molar-refractivity contribution in [3.63, 3.8) is 0 Å². The van der Waals surface area contributed by atoms with Gasteiger partial charge in [-0.1, -0.05) is 28.1 Å². The molecule has 0 aliphatic heterocycles. The minimum atomic E-state index is -0.471. The van der Waals surface area contributed by atoms with Crippen LogP contribution in [-0.4, -0.2) is 25.2 Å². The molecule has 2 aromatic rings. The van der Waals surface area contributed by atoms with E-state index in [9.17, 15) is 10.1 Å². The number of halogens is 1. The first-order chi connectivity index (χ1) is 11.1. The summed E-state index contributed by atoms with van der Waals surface area (Å²) in [4.78, 5) is 10.4. The third-order valence-electron chi connectivity index (χ3n) is 2.99. The Morgan fingerprint density at radius 3 is 2.43 bits per heavy atom. The molecule has 0 unspecified atom stereocenters. The first-order valence-electron chi connectivity index (χ1n) is 6.87. The van der Waals surface area contributed by atoms with Gasteiger partial charge in [-0.05, 0) is 23.8 Å². The maximum atomic E-state index is 10.9. The van der Waals surface area contributed by atoms with Crippen molar-refractivity contribution in [2.24, 2.45) is 0 Å². The minimum absolute atomic E-state index is 0.0478. The van der Waals surface area contributed by atoms with Crippen LogP contribution in [0.4, 0.5) is 5.69 Å². The Hall–Kier alpha value is -2.12. The predicted octanol–water partition coefficient (Wildman–Crippen LogP) is 3.96. The van der Waals surface area contributed by atoms with E-state index in [4.69, 9.17) is 14.2 Å². The summed E-state index contributed by atoms with van der Waals surface area (Å²) in [6, 6.07) is 12.0. The molecular weight excluding hydrogens is 366 g/mol. The van der Waals surface area contributed by atoms with Crippen LogP contribution in [0, 0.1) is 10.1 Å². The number of nitrogens with zero attached hydrogens (tertiary/aromatic N) is 1. The Morgan fingerprint density at radius 2 is 1.78 bits per heavy atom. The Balaban J connectivity index is 2.11. The zero-order valence-corrected chi connectivity index (χ0v) is 14.1. The van der Waals surface area contributed by atoms with E-state index < -0.39 is 4.92 Å². The summed E-state index contributed by atoms with van der Waals surface area (Å²) in [7, 11) is 1.56. The molecule has 0 fully saturated rings. The third kappa shape index (κ3) is 5.22. The Kier molecular flexibility index (Phi) is 6.37. The Morgan fingerprint density at radius 1 is 1.04 bits per heavy atom. The molecule has 2 aromatic carbocycles. The molecule has 0 saturated carbocycles. The smallest absolute Gasteiger partial charge is 0.273 e. The highest BCUT2D eigenvalue weighted by molar-refractivity contribution is 9.10. The average molecular weight is 382 g/mol. The van der Waals surface area contributed by atoms with Crippen LogP contribution >= 0.6 is 15.9 Å². The molecule has 0 bridgehead atoms. The second-order valence-corrected chi connectivity index (χ2v) is 5.56. The van der Waals surface area contributed by atoms with Gasteiger partial charge < -0.3 is 14.2 Å². The van der Waals surface area contributed by atoms with Crippen LogP contribution in [0.15, 0.2) is 46.9 Å². The van der Waals surface area contributed by atoms with Gasteiger partial charge in [0.1, 0.15) is 13.2 Å². The first kappa shape index (κ1) is 17.2. The zero-order chi connectivity index (χ0) is 16.7. The quantitative estimate of drug-likeness (QED) is 0.393. The van der Waals surface area contributed by atoms with Crippen molar-refractivity contribution in [2.75, 3.05) is 20.3 Å². The van der Waals surface area contributed by atoms with E-state index in [2.05, 4.69) is 15.9 Å². The van der Waals surface area contributed by atoms with Crippen LogP contribution in [0.3, 0.4) is 0 Å². The highest BCUT2D eigenvalue weighted by Gasteiger charge is 2.13. The fourth-order valence-corrected chi connectivity index (χ4v) is 2.08. The standard InChI is InChI=1S/C16H16BrNO5/c1-21-8-9-22-16-10-14(18(19)20)6-7-15(16)23-11-12-2-4-13(17)5-3-12/h2-7,10H,8-9,11H2,1H3. The summed E-state index contributed by atoms with van der Waals surface area (Å²) < 4.78 is 17.1. The fraction of sp³-hybridized carbons (Fsp3) is 0.250.